The van der Waals surface area contributed by atoms with Gasteiger partial charge in [0, 0.05) is 12.2 Å². The van der Waals surface area contributed by atoms with Crippen molar-refractivity contribution >= 4 is 17.5 Å². The number of rotatable bonds is 6. The van der Waals surface area contributed by atoms with Crippen molar-refractivity contribution in [3.8, 4) is 0 Å². The Morgan fingerprint density at radius 2 is 1.85 bits per heavy atom. The summed E-state index contributed by atoms with van der Waals surface area (Å²) in [7, 11) is 0. The summed E-state index contributed by atoms with van der Waals surface area (Å²) in [6, 6.07) is 5.59. The van der Waals surface area contributed by atoms with Gasteiger partial charge in [0.2, 0.25) is 11.8 Å². The first-order chi connectivity index (χ1) is 9.61. The molecular formula is C15H19FN2O2. The van der Waals surface area contributed by atoms with Gasteiger partial charge >= 0.3 is 0 Å². The van der Waals surface area contributed by atoms with Crippen LogP contribution in [0.3, 0.4) is 0 Å². The van der Waals surface area contributed by atoms with E-state index in [1.165, 1.54) is 24.3 Å². The largest absolute Gasteiger partial charge is 0.356 e. The van der Waals surface area contributed by atoms with Crippen molar-refractivity contribution < 1.29 is 14.0 Å². The number of halogens is 1. The van der Waals surface area contributed by atoms with Crippen LogP contribution < -0.4 is 10.6 Å². The fraction of sp³-hybridized carbons (Fsp3) is 0.467. The number of hydrogen-bond acceptors (Lipinski definition) is 2. The van der Waals surface area contributed by atoms with Gasteiger partial charge in [-0.15, -0.1) is 0 Å². The molecule has 108 valence electrons. The van der Waals surface area contributed by atoms with Gasteiger partial charge in [0.15, 0.2) is 0 Å². The number of carbonyl (C=O) groups excluding carboxylic acids is 2. The summed E-state index contributed by atoms with van der Waals surface area (Å²) in [5, 5.41) is 5.53. The van der Waals surface area contributed by atoms with E-state index in [4.69, 9.17) is 0 Å². The lowest BCUT2D eigenvalue weighted by atomic mass is 10.2. The number of benzene rings is 1. The van der Waals surface area contributed by atoms with Gasteiger partial charge in [0.1, 0.15) is 5.82 Å². The van der Waals surface area contributed by atoms with Crippen molar-refractivity contribution in [1.29, 1.82) is 0 Å². The maximum atomic E-state index is 12.7. The maximum Gasteiger partial charge on any atom is 0.228 e. The van der Waals surface area contributed by atoms with Crippen LogP contribution in [0.2, 0.25) is 0 Å². The summed E-state index contributed by atoms with van der Waals surface area (Å²) in [5.41, 5.74) is 0.549. The first kappa shape index (κ1) is 14.5. The smallest absolute Gasteiger partial charge is 0.228 e. The highest BCUT2D eigenvalue weighted by atomic mass is 19.1. The van der Waals surface area contributed by atoms with Gasteiger partial charge < -0.3 is 10.6 Å². The van der Waals surface area contributed by atoms with Crippen LogP contribution in [0, 0.1) is 17.7 Å². The quantitative estimate of drug-likeness (QED) is 0.785. The fourth-order valence-corrected chi connectivity index (χ4v) is 2.06. The van der Waals surface area contributed by atoms with E-state index < -0.39 is 0 Å². The molecule has 0 bridgehead atoms. The fourth-order valence-electron chi connectivity index (χ4n) is 2.06. The van der Waals surface area contributed by atoms with Crippen LogP contribution in [0.4, 0.5) is 10.1 Å². The molecule has 0 spiro atoms. The molecule has 2 amide bonds. The molecule has 0 radical (unpaired) electrons. The van der Waals surface area contributed by atoms with Gasteiger partial charge in [-0.1, -0.05) is 13.3 Å². The summed E-state index contributed by atoms with van der Waals surface area (Å²) in [6.45, 7) is 2.72. The first-order valence-electron chi connectivity index (χ1n) is 6.96. The number of anilines is 1. The van der Waals surface area contributed by atoms with E-state index in [0.717, 1.165) is 12.8 Å². The number of amides is 2. The highest BCUT2D eigenvalue weighted by molar-refractivity contribution is 5.99. The lowest BCUT2D eigenvalue weighted by Crippen LogP contribution is -2.28. The zero-order valence-electron chi connectivity index (χ0n) is 11.5. The van der Waals surface area contributed by atoms with Crippen LogP contribution in [0.5, 0.6) is 0 Å². The van der Waals surface area contributed by atoms with E-state index in [1.54, 1.807) is 0 Å². The van der Waals surface area contributed by atoms with Gasteiger partial charge in [-0.25, -0.2) is 4.39 Å². The number of nitrogens with one attached hydrogen (secondary N) is 2. The van der Waals surface area contributed by atoms with Crippen molar-refractivity contribution in [3.05, 3.63) is 30.1 Å². The topological polar surface area (TPSA) is 58.2 Å². The molecule has 0 aromatic heterocycles. The molecule has 1 fully saturated rings. The monoisotopic (exact) mass is 278 g/mol. The molecule has 2 unspecified atom stereocenters. The normalized spacial score (nSPS) is 20.3. The third-order valence-corrected chi connectivity index (χ3v) is 3.41. The first-order valence-corrected chi connectivity index (χ1v) is 6.96. The summed E-state index contributed by atoms with van der Waals surface area (Å²) in [6.07, 6.45) is 2.56. The summed E-state index contributed by atoms with van der Waals surface area (Å²) < 4.78 is 12.7. The van der Waals surface area contributed by atoms with Crippen LogP contribution >= 0.6 is 0 Å². The lowest BCUT2D eigenvalue weighted by molar-refractivity contribution is -0.125. The SMILES string of the molecule is CCCCNC(=O)C1CC1C(=O)Nc1ccc(F)cc1. The zero-order chi connectivity index (χ0) is 14.5. The van der Waals surface area contributed by atoms with E-state index >= 15 is 0 Å². The Morgan fingerprint density at radius 3 is 2.50 bits per heavy atom. The molecule has 20 heavy (non-hydrogen) atoms. The van der Waals surface area contributed by atoms with E-state index in [1.807, 2.05) is 0 Å². The van der Waals surface area contributed by atoms with Crippen LogP contribution in [0.25, 0.3) is 0 Å². The van der Waals surface area contributed by atoms with E-state index in [-0.39, 0.29) is 29.5 Å². The molecule has 2 N–H and O–H groups in total. The summed E-state index contributed by atoms with van der Waals surface area (Å²) >= 11 is 0. The molecule has 1 aliphatic rings. The standard InChI is InChI=1S/C15H19FN2O2/c1-2-3-8-17-14(19)12-9-13(12)15(20)18-11-6-4-10(16)5-7-11/h4-7,12-13H,2-3,8-9H2,1H3,(H,17,19)(H,18,20). The van der Waals surface area contributed by atoms with Gasteiger partial charge in [-0.2, -0.15) is 0 Å². The van der Waals surface area contributed by atoms with E-state index in [0.29, 0.717) is 18.7 Å². The molecule has 1 aromatic carbocycles. The Bertz CT molecular complexity index is 487. The molecule has 1 aliphatic carbocycles. The van der Waals surface area contributed by atoms with Crippen LogP contribution in [0.15, 0.2) is 24.3 Å². The van der Waals surface area contributed by atoms with E-state index in [9.17, 15) is 14.0 Å². The van der Waals surface area contributed by atoms with Crippen LogP contribution in [0.1, 0.15) is 26.2 Å². The minimum absolute atomic E-state index is 0.0438. The molecule has 5 heteroatoms. The van der Waals surface area contributed by atoms with Gasteiger partial charge in [0.25, 0.3) is 0 Å². The predicted octanol–water partition coefficient (Wildman–Crippen LogP) is 2.32. The maximum absolute atomic E-state index is 12.7. The lowest BCUT2D eigenvalue weighted by Gasteiger charge is -2.05. The second-order valence-electron chi connectivity index (χ2n) is 5.09. The third kappa shape index (κ3) is 3.79. The van der Waals surface area contributed by atoms with Crippen molar-refractivity contribution in [2.24, 2.45) is 11.8 Å². The highest BCUT2D eigenvalue weighted by Gasteiger charge is 2.47. The molecule has 1 aromatic rings. The molecule has 0 saturated heterocycles. The Labute approximate surface area is 117 Å². The Kier molecular flexibility index (Phi) is 4.71. The average molecular weight is 278 g/mol. The Morgan fingerprint density at radius 1 is 1.20 bits per heavy atom. The molecule has 4 nitrogen and oxygen atoms in total. The van der Waals surface area contributed by atoms with Crippen molar-refractivity contribution in [2.75, 3.05) is 11.9 Å². The molecule has 0 heterocycles. The van der Waals surface area contributed by atoms with E-state index in [2.05, 4.69) is 17.6 Å². The minimum atomic E-state index is -0.345. The van der Waals surface area contributed by atoms with Crippen LogP contribution in [-0.2, 0) is 9.59 Å². The highest BCUT2D eigenvalue weighted by Crippen LogP contribution is 2.39. The number of unbranched alkanes of at least 4 members (excludes halogenated alkanes) is 1. The minimum Gasteiger partial charge on any atom is -0.356 e. The van der Waals surface area contributed by atoms with Crippen molar-refractivity contribution in [1.82, 2.24) is 5.32 Å². The van der Waals surface area contributed by atoms with Crippen molar-refractivity contribution in [2.45, 2.75) is 26.2 Å². The van der Waals surface area contributed by atoms with Gasteiger partial charge in [-0.3, -0.25) is 9.59 Å². The summed E-state index contributed by atoms with van der Waals surface area (Å²) in [5.74, 6) is -1.04. The second kappa shape index (κ2) is 6.50. The summed E-state index contributed by atoms with van der Waals surface area (Å²) in [4.78, 5) is 23.7. The molecule has 0 aliphatic heterocycles. The molecular weight excluding hydrogens is 259 g/mol. The zero-order valence-corrected chi connectivity index (χ0v) is 11.5. The molecule has 2 rings (SSSR count). The van der Waals surface area contributed by atoms with Crippen LogP contribution in [-0.4, -0.2) is 18.4 Å². The average Bonchev–Trinajstić information content (AvgIpc) is 3.22. The second-order valence-corrected chi connectivity index (χ2v) is 5.09. The Hall–Kier alpha value is -1.91. The van der Waals surface area contributed by atoms with Gasteiger partial charge in [0.05, 0.1) is 11.8 Å². The Balaban J connectivity index is 1.78. The van der Waals surface area contributed by atoms with Crippen molar-refractivity contribution in [3.63, 3.8) is 0 Å². The predicted molar refractivity (Wildman–Crippen MR) is 74.5 cm³/mol. The molecule has 2 atom stereocenters. The molecule has 1 saturated carbocycles. The third-order valence-electron chi connectivity index (χ3n) is 3.41. The number of carbonyl (C=O) groups is 2. The number of hydrogen-bond donors (Lipinski definition) is 2. The van der Waals surface area contributed by atoms with Gasteiger partial charge in [-0.05, 0) is 37.1 Å².